The topological polar surface area (TPSA) is 59.1 Å². The van der Waals surface area contributed by atoms with Crippen LogP contribution in [0.1, 0.15) is 37.9 Å². The Morgan fingerprint density at radius 3 is 2.75 bits per heavy atom. The van der Waals surface area contributed by atoms with Crippen molar-refractivity contribution in [1.82, 2.24) is 4.98 Å². The molecule has 1 fully saturated rings. The van der Waals surface area contributed by atoms with Gasteiger partial charge in [-0.05, 0) is 36.5 Å². The molecule has 0 aliphatic heterocycles. The lowest BCUT2D eigenvalue weighted by atomic mass is 9.77. The average Bonchev–Trinajstić information content (AvgIpc) is 2.72. The molecule has 1 aromatic rings. The van der Waals surface area contributed by atoms with Gasteiger partial charge in [0.2, 0.25) is 0 Å². The first-order valence-electron chi connectivity index (χ1n) is 5.96. The van der Waals surface area contributed by atoms with Crippen molar-refractivity contribution in [2.75, 3.05) is 6.54 Å². The molecule has 3 atom stereocenters. The smallest absolute Gasteiger partial charge is 0.0859 e. The molecule has 1 saturated carbocycles. The third-order valence-corrected chi connectivity index (χ3v) is 3.90. The van der Waals surface area contributed by atoms with Crippen LogP contribution in [-0.4, -0.2) is 16.6 Å². The maximum atomic E-state index is 10.5. The van der Waals surface area contributed by atoms with Crippen LogP contribution in [0.5, 0.6) is 0 Å². The lowest BCUT2D eigenvalue weighted by molar-refractivity contribution is 0.0307. The Morgan fingerprint density at radius 1 is 1.56 bits per heavy atom. The minimum Gasteiger partial charge on any atom is -0.388 e. The largest absolute Gasteiger partial charge is 0.388 e. The SMILES string of the molecule is CC1CCC(CN)(C(O)c2ccncc2)C1. The summed E-state index contributed by atoms with van der Waals surface area (Å²) in [5, 5.41) is 10.5. The first kappa shape index (κ1) is 11.6. The standard InChI is InChI=1S/C13H20N2O/c1-10-2-5-13(8-10,9-14)12(16)11-3-6-15-7-4-11/h3-4,6-7,10,12,16H,2,5,8-9,14H2,1H3. The van der Waals surface area contributed by atoms with Gasteiger partial charge in [0.05, 0.1) is 6.10 Å². The summed E-state index contributed by atoms with van der Waals surface area (Å²) in [6.45, 7) is 2.79. The van der Waals surface area contributed by atoms with E-state index in [1.807, 2.05) is 12.1 Å². The van der Waals surface area contributed by atoms with E-state index in [9.17, 15) is 5.11 Å². The second-order valence-corrected chi connectivity index (χ2v) is 5.10. The van der Waals surface area contributed by atoms with E-state index in [4.69, 9.17) is 5.73 Å². The van der Waals surface area contributed by atoms with E-state index < -0.39 is 6.10 Å². The van der Waals surface area contributed by atoms with Crippen LogP contribution in [0.4, 0.5) is 0 Å². The summed E-state index contributed by atoms with van der Waals surface area (Å²) >= 11 is 0. The number of aliphatic hydroxyl groups is 1. The summed E-state index contributed by atoms with van der Waals surface area (Å²) in [6, 6.07) is 3.76. The van der Waals surface area contributed by atoms with Gasteiger partial charge in [0.25, 0.3) is 0 Å². The molecular formula is C13H20N2O. The molecule has 1 aliphatic rings. The summed E-state index contributed by atoms with van der Waals surface area (Å²) in [6.07, 6.45) is 6.20. The van der Waals surface area contributed by atoms with E-state index in [0.29, 0.717) is 12.5 Å². The first-order chi connectivity index (χ1) is 7.68. The summed E-state index contributed by atoms with van der Waals surface area (Å²) in [5.41, 5.74) is 6.71. The molecule has 0 amide bonds. The minimum absolute atomic E-state index is 0.124. The summed E-state index contributed by atoms with van der Waals surface area (Å²) < 4.78 is 0. The number of hydrogen-bond acceptors (Lipinski definition) is 3. The van der Waals surface area contributed by atoms with Crippen LogP contribution in [0.3, 0.4) is 0 Å². The van der Waals surface area contributed by atoms with Gasteiger partial charge in [0.1, 0.15) is 0 Å². The molecule has 0 aromatic carbocycles. The van der Waals surface area contributed by atoms with Crippen molar-refractivity contribution in [2.24, 2.45) is 17.1 Å². The fraction of sp³-hybridized carbons (Fsp3) is 0.615. The Kier molecular flexibility index (Phi) is 3.26. The van der Waals surface area contributed by atoms with Crippen molar-refractivity contribution in [2.45, 2.75) is 32.3 Å². The van der Waals surface area contributed by atoms with E-state index >= 15 is 0 Å². The number of aromatic nitrogens is 1. The minimum atomic E-state index is -0.453. The summed E-state index contributed by atoms with van der Waals surface area (Å²) in [7, 11) is 0. The van der Waals surface area contributed by atoms with Gasteiger partial charge in [-0.3, -0.25) is 4.98 Å². The molecule has 1 aromatic heterocycles. The first-order valence-corrected chi connectivity index (χ1v) is 5.96. The number of rotatable bonds is 3. The molecular weight excluding hydrogens is 200 g/mol. The van der Waals surface area contributed by atoms with Crippen LogP contribution in [0, 0.1) is 11.3 Å². The molecule has 3 unspecified atom stereocenters. The van der Waals surface area contributed by atoms with Gasteiger partial charge < -0.3 is 10.8 Å². The van der Waals surface area contributed by atoms with Gasteiger partial charge in [-0.25, -0.2) is 0 Å². The van der Waals surface area contributed by atoms with Gasteiger partial charge in [-0.1, -0.05) is 13.3 Å². The fourth-order valence-electron chi connectivity index (χ4n) is 2.88. The van der Waals surface area contributed by atoms with Crippen molar-refractivity contribution >= 4 is 0 Å². The van der Waals surface area contributed by atoms with Crippen molar-refractivity contribution in [3.63, 3.8) is 0 Å². The van der Waals surface area contributed by atoms with Gasteiger partial charge in [0, 0.05) is 24.4 Å². The van der Waals surface area contributed by atoms with E-state index in [-0.39, 0.29) is 5.41 Å². The summed E-state index contributed by atoms with van der Waals surface area (Å²) in [5.74, 6) is 0.667. The van der Waals surface area contributed by atoms with Crippen LogP contribution in [0.2, 0.25) is 0 Å². The fourth-order valence-corrected chi connectivity index (χ4v) is 2.88. The van der Waals surface area contributed by atoms with Gasteiger partial charge >= 0.3 is 0 Å². The summed E-state index contributed by atoms with van der Waals surface area (Å²) in [4.78, 5) is 3.98. The van der Waals surface area contributed by atoms with Crippen molar-refractivity contribution in [1.29, 1.82) is 0 Å². The normalized spacial score (nSPS) is 31.6. The second-order valence-electron chi connectivity index (χ2n) is 5.10. The van der Waals surface area contributed by atoms with Crippen LogP contribution < -0.4 is 5.73 Å². The Balaban J connectivity index is 2.22. The molecule has 0 spiro atoms. The van der Waals surface area contributed by atoms with Crippen LogP contribution in [0.15, 0.2) is 24.5 Å². The second kappa shape index (κ2) is 4.52. The maximum Gasteiger partial charge on any atom is 0.0859 e. The molecule has 3 nitrogen and oxygen atoms in total. The number of nitrogens with zero attached hydrogens (tertiary/aromatic N) is 1. The van der Waals surface area contributed by atoms with E-state index in [1.165, 1.54) is 6.42 Å². The number of aliphatic hydroxyl groups excluding tert-OH is 1. The number of pyridine rings is 1. The highest BCUT2D eigenvalue weighted by Crippen LogP contribution is 2.48. The van der Waals surface area contributed by atoms with Crippen LogP contribution in [-0.2, 0) is 0 Å². The Morgan fingerprint density at radius 2 is 2.25 bits per heavy atom. The Labute approximate surface area is 96.7 Å². The lowest BCUT2D eigenvalue weighted by Gasteiger charge is -2.33. The molecule has 3 N–H and O–H groups in total. The zero-order valence-electron chi connectivity index (χ0n) is 9.76. The van der Waals surface area contributed by atoms with Crippen LogP contribution >= 0.6 is 0 Å². The van der Waals surface area contributed by atoms with Crippen molar-refractivity contribution in [3.05, 3.63) is 30.1 Å². The third-order valence-electron chi connectivity index (χ3n) is 3.90. The molecule has 1 heterocycles. The molecule has 16 heavy (non-hydrogen) atoms. The molecule has 0 radical (unpaired) electrons. The zero-order chi connectivity index (χ0) is 11.6. The average molecular weight is 220 g/mol. The molecule has 3 heteroatoms. The van der Waals surface area contributed by atoms with Gasteiger partial charge in [0.15, 0.2) is 0 Å². The predicted molar refractivity (Wildman–Crippen MR) is 63.7 cm³/mol. The van der Waals surface area contributed by atoms with E-state index in [0.717, 1.165) is 18.4 Å². The molecule has 2 rings (SSSR count). The maximum absolute atomic E-state index is 10.5. The molecule has 0 saturated heterocycles. The number of nitrogens with two attached hydrogens (primary N) is 1. The van der Waals surface area contributed by atoms with Crippen molar-refractivity contribution in [3.8, 4) is 0 Å². The Hall–Kier alpha value is -0.930. The van der Waals surface area contributed by atoms with Gasteiger partial charge in [-0.15, -0.1) is 0 Å². The molecule has 88 valence electrons. The highest BCUT2D eigenvalue weighted by molar-refractivity contribution is 5.17. The predicted octanol–water partition coefficient (Wildman–Crippen LogP) is 1.88. The van der Waals surface area contributed by atoms with Gasteiger partial charge in [-0.2, -0.15) is 0 Å². The van der Waals surface area contributed by atoms with Crippen molar-refractivity contribution < 1.29 is 5.11 Å². The monoisotopic (exact) mass is 220 g/mol. The van der Waals surface area contributed by atoms with E-state index in [2.05, 4.69) is 11.9 Å². The molecule has 1 aliphatic carbocycles. The van der Waals surface area contributed by atoms with Crippen LogP contribution in [0.25, 0.3) is 0 Å². The highest BCUT2D eigenvalue weighted by atomic mass is 16.3. The number of hydrogen-bond donors (Lipinski definition) is 2. The third kappa shape index (κ3) is 1.97. The van der Waals surface area contributed by atoms with E-state index in [1.54, 1.807) is 12.4 Å². The quantitative estimate of drug-likeness (QED) is 0.817. The highest BCUT2D eigenvalue weighted by Gasteiger charge is 2.42. The zero-order valence-corrected chi connectivity index (χ0v) is 9.76. The lowest BCUT2D eigenvalue weighted by Crippen LogP contribution is -2.34. The Bertz CT molecular complexity index is 341. The molecule has 0 bridgehead atoms.